The van der Waals surface area contributed by atoms with Gasteiger partial charge in [0.25, 0.3) is 0 Å². The standard InChI is InChI=1S/C13H28N4O2/c1-4-14-13(15-6-8-18-5-2)16-10-12-11-17(3)7-9-19-12/h12H,4-11H2,1-3H3,(H2,14,15,16). The van der Waals surface area contributed by atoms with Crippen LogP contribution < -0.4 is 10.6 Å². The topological polar surface area (TPSA) is 58.1 Å². The van der Waals surface area contributed by atoms with Gasteiger partial charge in [-0.2, -0.15) is 0 Å². The molecule has 0 aromatic heterocycles. The number of nitrogens with one attached hydrogen (secondary N) is 2. The van der Waals surface area contributed by atoms with Crippen molar-refractivity contribution in [1.29, 1.82) is 0 Å². The second-order valence-corrected chi connectivity index (χ2v) is 4.60. The van der Waals surface area contributed by atoms with E-state index in [0.29, 0.717) is 13.2 Å². The molecule has 0 aliphatic carbocycles. The minimum absolute atomic E-state index is 0.195. The second-order valence-electron chi connectivity index (χ2n) is 4.60. The zero-order valence-electron chi connectivity index (χ0n) is 12.4. The summed E-state index contributed by atoms with van der Waals surface area (Å²) in [6, 6.07) is 0. The summed E-state index contributed by atoms with van der Waals surface area (Å²) in [5.41, 5.74) is 0. The molecule has 112 valence electrons. The number of hydrogen-bond donors (Lipinski definition) is 2. The Morgan fingerprint density at radius 3 is 2.95 bits per heavy atom. The van der Waals surface area contributed by atoms with Crippen molar-refractivity contribution in [2.45, 2.75) is 20.0 Å². The van der Waals surface area contributed by atoms with Gasteiger partial charge in [-0.1, -0.05) is 0 Å². The quantitative estimate of drug-likeness (QED) is 0.385. The first-order valence-corrected chi connectivity index (χ1v) is 7.16. The molecule has 1 atom stereocenters. The lowest BCUT2D eigenvalue weighted by Gasteiger charge is -2.29. The SMILES string of the molecule is CCNC(=NCC1CN(C)CCO1)NCCOCC. The summed E-state index contributed by atoms with van der Waals surface area (Å²) >= 11 is 0. The lowest BCUT2D eigenvalue weighted by atomic mass is 10.3. The number of ether oxygens (including phenoxy) is 2. The maximum atomic E-state index is 5.69. The van der Waals surface area contributed by atoms with Crippen LogP contribution in [0.5, 0.6) is 0 Å². The van der Waals surface area contributed by atoms with Crippen LogP contribution in [0.3, 0.4) is 0 Å². The summed E-state index contributed by atoms with van der Waals surface area (Å²) in [4.78, 5) is 6.83. The Hall–Kier alpha value is -0.850. The largest absolute Gasteiger partial charge is 0.380 e. The molecule has 1 fully saturated rings. The van der Waals surface area contributed by atoms with Crippen LogP contribution in [-0.2, 0) is 9.47 Å². The molecule has 1 heterocycles. The Morgan fingerprint density at radius 2 is 2.26 bits per heavy atom. The fourth-order valence-corrected chi connectivity index (χ4v) is 1.90. The average Bonchev–Trinajstić information content (AvgIpc) is 2.41. The lowest BCUT2D eigenvalue weighted by molar-refractivity contribution is -0.0136. The van der Waals surface area contributed by atoms with Gasteiger partial charge in [0, 0.05) is 32.8 Å². The van der Waals surface area contributed by atoms with Crippen molar-refractivity contribution < 1.29 is 9.47 Å². The third kappa shape index (κ3) is 7.34. The third-order valence-electron chi connectivity index (χ3n) is 2.88. The summed E-state index contributed by atoms with van der Waals surface area (Å²) in [6.45, 7) is 10.6. The summed E-state index contributed by atoms with van der Waals surface area (Å²) in [5.74, 6) is 0.832. The molecule has 6 heteroatoms. The molecule has 1 unspecified atom stereocenters. The fourth-order valence-electron chi connectivity index (χ4n) is 1.90. The number of hydrogen-bond acceptors (Lipinski definition) is 4. The van der Waals surface area contributed by atoms with E-state index in [-0.39, 0.29) is 6.10 Å². The minimum atomic E-state index is 0.195. The monoisotopic (exact) mass is 272 g/mol. The second kappa shape index (κ2) is 10.00. The predicted molar refractivity (Wildman–Crippen MR) is 77.7 cm³/mol. The van der Waals surface area contributed by atoms with E-state index in [9.17, 15) is 0 Å². The van der Waals surface area contributed by atoms with Crippen molar-refractivity contribution in [2.75, 3.05) is 59.6 Å². The molecule has 1 rings (SSSR count). The van der Waals surface area contributed by atoms with Gasteiger partial charge in [-0.25, -0.2) is 0 Å². The number of likely N-dealkylation sites (N-methyl/N-ethyl adjacent to an activating group) is 1. The highest BCUT2D eigenvalue weighted by atomic mass is 16.5. The van der Waals surface area contributed by atoms with E-state index < -0.39 is 0 Å². The molecule has 0 amide bonds. The summed E-state index contributed by atoms with van der Waals surface area (Å²) < 4.78 is 11.0. The normalized spacial score (nSPS) is 21.4. The molecule has 1 saturated heterocycles. The lowest BCUT2D eigenvalue weighted by Crippen LogP contribution is -2.43. The van der Waals surface area contributed by atoms with Gasteiger partial charge in [0.2, 0.25) is 0 Å². The summed E-state index contributed by atoms with van der Waals surface area (Å²) in [7, 11) is 2.12. The van der Waals surface area contributed by atoms with Gasteiger partial charge in [0.15, 0.2) is 5.96 Å². The first-order valence-electron chi connectivity index (χ1n) is 7.16. The number of guanidine groups is 1. The van der Waals surface area contributed by atoms with Crippen LogP contribution in [0, 0.1) is 0 Å². The van der Waals surface area contributed by atoms with E-state index in [1.54, 1.807) is 0 Å². The van der Waals surface area contributed by atoms with Gasteiger partial charge in [-0.3, -0.25) is 4.99 Å². The number of morpholine rings is 1. The number of rotatable bonds is 7. The highest BCUT2D eigenvalue weighted by Gasteiger charge is 2.17. The summed E-state index contributed by atoms with van der Waals surface area (Å²) in [5, 5.41) is 6.48. The molecular formula is C13H28N4O2. The average molecular weight is 272 g/mol. The summed E-state index contributed by atoms with van der Waals surface area (Å²) in [6.07, 6.45) is 0.195. The molecule has 0 aromatic carbocycles. The van der Waals surface area contributed by atoms with Crippen LogP contribution in [-0.4, -0.2) is 76.6 Å². The maximum absolute atomic E-state index is 5.69. The molecule has 0 saturated carbocycles. The van der Waals surface area contributed by atoms with E-state index >= 15 is 0 Å². The molecule has 0 radical (unpaired) electrons. The van der Waals surface area contributed by atoms with E-state index in [1.807, 2.05) is 6.92 Å². The van der Waals surface area contributed by atoms with Gasteiger partial charge in [0.05, 0.1) is 25.9 Å². The Morgan fingerprint density at radius 1 is 1.42 bits per heavy atom. The van der Waals surface area contributed by atoms with E-state index in [2.05, 4.69) is 34.5 Å². The highest BCUT2D eigenvalue weighted by Crippen LogP contribution is 2.02. The number of aliphatic imine (C=N–C) groups is 1. The predicted octanol–water partition coefficient (Wildman–Crippen LogP) is -0.0914. The molecule has 1 aliphatic rings. The van der Waals surface area contributed by atoms with E-state index in [0.717, 1.165) is 45.4 Å². The molecule has 0 bridgehead atoms. The Balaban J connectivity index is 2.30. The van der Waals surface area contributed by atoms with Crippen LogP contribution in [0.4, 0.5) is 0 Å². The van der Waals surface area contributed by atoms with Crippen molar-refractivity contribution in [3.8, 4) is 0 Å². The zero-order chi connectivity index (χ0) is 13.9. The fraction of sp³-hybridized carbons (Fsp3) is 0.923. The van der Waals surface area contributed by atoms with Crippen LogP contribution >= 0.6 is 0 Å². The molecule has 1 aliphatic heterocycles. The Bertz CT molecular complexity index is 261. The Labute approximate surface area is 116 Å². The number of nitrogens with zero attached hydrogens (tertiary/aromatic N) is 2. The van der Waals surface area contributed by atoms with Gasteiger partial charge in [0.1, 0.15) is 0 Å². The van der Waals surface area contributed by atoms with Crippen molar-refractivity contribution >= 4 is 5.96 Å². The first kappa shape index (κ1) is 16.2. The van der Waals surface area contributed by atoms with Gasteiger partial charge < -0.3 is 25.0 Å². The highest BCUT2D eigenvalue weighted by molar-refractivity contribution is 5.79. The third-order valence-corrected chi connectivity index (χ3v) is 2.88. The molecule has 19 heavy (non-hydrogen) atoms. The van der Waals surface area contributed by atoms with Gasteiger partial charge in [-0.05, 0) is 20.9 Å². The maximum Gasteiger partial charge on any atom is 0.191 e. The Kier molecular flexibility index (Phi) is 8.53. The van der Waals surface area contributed by atoms with Crippen molar-refractivity contribution in [1.82, 2.24) is 15.5 Å². The van der Waals surface area contributed by atoms with Crippen molar-refractivity contribution in [3.63, 3.8) is 0 Å². The molecule has 0 spiro atoms. The van der Waals surface area contributed by atoms with Crippen molar-refractivity contribution in [2.24, 2.45) is 4.99 Å². The molecule has 0 aromatic rings. The van der Waals surface area contributed by atoms with Crippen LogP contribution in [0.2, 0.25) is 0 Å². The van der Waals surface area contributed by atoms with Gasteiger partial charge in [-0.15, -0.1) is 0 Å². The smallest absolute Gasteiger partial charge is 0.191 e. The minimum Gasteiger partial charge on any atom is -0.380 e. The molecule has 6 nitrogen and oxygen atoms in total. The van der Waals surface area contributed by atoms with Gasteiger partial charge >= 0.3 is 0 Å². The van der Waals surface area contributed by atoms with Crippen molar-refractivity contribution in [3.05, 3.63) is 0 Å². The van der Waals surface area contributed by atoms with Crippen LogP contribution in [0.1, 0.15) is 13.8 Å². The van der Waals surface area contributed by atoms with E-state index in [4.69, 9.17) is 9.47 Å². The zero-order valence-corrected chi connectivity index (χ0v) is 12.4. The van der Waals surface area contributed by atoms with E-state index in [1.165, 1.54) is 0 Å². The molecule has 2 N–H and O–H groups in total. The van der Waals surface area contributed by atoms with Crippen LogP contribution in [0.15, 0.2) is 4.99 Å². The molecular weight excluding hydrogens is 244 g/mol. The first-order chi connectivity index (χ1) is 9.26. The van der Waals surface area contributed by atoms with Crippen LogP contribution in [0.25, 0.3) is 0 Å².